The van der Waals surface area contributed by atoms with Crippen LogP contribution >= 0.6 is 0 Å². The molecule has 0 aromatic heterocycles. The van der Waals surface area contributed by atoms with Crippen molar-refractivity contribution in [2.45, 2.75) is 71.9 Å². The largest absolute Gasteiger partial charge is 0.369 e. The van der Waals surface area contributed by atoms with Gasteiger partial charge in [-0.15, -0.1) is 0 Å². The van der Waals surface area contributed by atoms with E-state index in [-0.39, 0.29) is 23.5 Å². The molecule has 0 bridgehead atoms. The van der Waals surface area contributed by atoms with Gasteiger partial charge in [0.15, 0.2) is 0 Å². The summed E-state index contributed by atoms with van der Waals surface area (Å²) in [6.07, 6.45) is 4.07. The molecule has 1 heterocycles. The SMILES string of the molecule is CCC[C@H](C(N)=O)[C@@H](CC(C)C)C(=O)N[C@H]1CCCCN(Cc2ccc(F)cc2)C1=O. The van der Waals surface area contributed by atoms with Gasteiger partial charge in [-0.25, -0.2) is 4.39 Å². The molecule has 0 unspecified atom stereocenters. The van der Waals surface area contributed by atoms with Crippen LogP contribution in [0.1, 0.15) is 64.9 Å². The summed E-state index contributed by atoms with van der Waals surface area (Å²) in [4.78, 5) is 40.1. The summed E-state index contributed by atoms with van der Waals surface area (Å²) in [5.41, 5.74) is 6.46. The van der Waals surface area contributed by atoms with E-state index in [1.807, 2.05) is 20.8 Å². The van der Waals surface area contributed by atoms with Crippen LogP contribution in [0.5, 0.6) is 0 Å². The fourth-order valence-corrected chi connectivity index (χ4v) is 4.30. The van der Waals surface area contributed by atoms with E-state index in [0.29, 0.717) is 32.4 Å². The van der Waals surface area contributed by atoms with Crippen molar-refractivity contribution in [3.8, 4) is 0 Å². The van der Waals surface area contributed by atoms with Crippen LogP contribution in [-0.4, -0.2) is 35.2 Å². The molecule has 3 N–H and O–H groups in total. The molecule has 7 heteroatoms. The van der Waals surface area contributed by atoms with E-state index >= 15 is 0 Å². The number of nitrogens with zero attached hydrogens (tertiary/aromatic N) is 1. The number of rotatable bonds is 10. The molecule has 1 saturated heterocycles. The number of carbonyl (C=O) groups excluding carboxylic acids is 3. The predicted octanol–water partition coefficient (Wildman–Crippen LogP) is 3.39. The van der Waals surface area contributed by atoms with Crippen LogP contribution < -0.4 is 11.1 Å². The summed E-state index contributed by atoms with van der Waals surface area (Å²) in [6.45, 7) is 6.94. The number of amides is 3. The Hall–Kier alpha value is -2.44. The van der Waals surface area contributed by atoms with Crippen LogP contribution in [0.2, 0.25) is 0 Å². The van der Waals surface area contributed by atoms with Crippen molar-refractivity contribution in [1.29, 1.82) is 0 Å². The molecule has 0 saturated carbocycles. The van der Waals surface area contributed by atoms with Crippen molar-refractivity contribution < 1.29 is 18.8 Å². The highest BCUT2D eigenvalue weighted by atomic mass is 19.1. The van der Waals surface area contributed by atoms with Crippen LogP contribution in [0.15, 0.2) is 24.3 Å². The van der Waals surface area contributed by atoms with Gasteiger partial charge in [0.05, 0.1) is 0 Å². The second-order valence-electron chi connectivity index (χ2n) is 8.98. The minimum Gasteiger partial charge on any atom is -0.369 e. The fourth-order valence-electron chi connectivity index (χ4n) is 4.30. The third kappa shape index (κ3) is 7.33. The van der Waals surface area contributed by atoms with Crippen molar-refractivity contribution >= 4 is 17.7 Å². The highest BCUT2D eigenvalue weighted by Crippen LogP contribution is 2.26. The summed E-state index contributed by atoms with van der Waals surface area (Å²) >= 11 is 0. The lowest BCUT2D eigenvalue weighted by atomic mass is 9.81. The van der Waals surface area contributed by atoms with Crippen molar-refractivity contribution in [3.05, 3.63) is 35.6 Å². The first-order valence-corrected chi connectivity index (χ1v) is 11.4. The molecule has 1 aliphatic rings. The molecule has 3 atom stereocenters. The highest BCUT2D eigenvalue weighted by molar-refractivity contribution is 5.91. The normalized spacial score (nSPS) is 19.1. The lowest BCUT2D eigenvalue weighted by Crippen LogP contribution is -2.50. The molecule has 3 amide bonds. The number of likely N-dealkylation sites (tertiary alicyclic amines) is 1. The van der Waals surface area contributed by atoms with Crippen LogP contribution in [0, 0.1) is 23.6 Å². The zero-order chi connectivity index (χ0) is 23.0. The van der Waals surface area contributed by atoms with Crippen molar-refractivity contribution in [3.63, 3.8) is 0 Å². The molecular formula is C24H36FN3O3. The first-order chi connectivity index (χ1) is 14.7. The molecular weight excluding hydrogens is 397 g/mol. The zero-order valence-corrected chi connectivity index (χ0v) is 18.9. The minimum atomic E-state index is -0.625. The Balaban J connectivity index is 2.14. The number of primary amides is 1. The average molecular weight is 434 g/mol. The number of halogens is 1. The van der Waals surface area contributed by atoms with Crippen molar-refractivity contribution in [2.75, 3.05) is 6.54 Å². The second kappa shape index (κ2) is 11.8. The van der Waals surface area contributed by atoms with E-state index in [0.717, 1.165) is 24.8 Å². The maximum atomic E-state index is 13.2. The second-order valence-corrected chi connectivity index (χ2v) is 8.98. The molecule has 1 aromatic rings. The highest BCUT2D eigenvalue weighted by Gasteiger charge is 2.35. The molecule has 1 aromatic carbocycles. The van der Waals surface area contributed by atoms with E-state index < -0.39 is 23.8 Å². The number of nitrogens with one attached hydrogen (secondary N) is 1. The molecule has 1 aliphatic heterocycles. The Labute approximate surface area is 184 Å². The standard InChI is InChI=1S/C24H36FN3O3/c1-4-7-19(22(26)29)20(14-16(2)3)23(30)27-21-8-5-6-13-28(24(21)31)15-17-9-11-18(25)12-10-17/h9-12,16,19-21H,4-8,13-15H2,1-3H3,(H2,26,29)(H,27,30)/t19-,20+,21-/m0/s1. The number of nitrogens with two attached hydrogens (primary N) is 1. The van der Waals surface area contributed by atoms with E-state index in [4.69, 9.17) is 5.73 Å². The quantitative estimate of drug-likeness (QED) is 0.592. The Bertz CT molecular complexity index is 751. The lowest BCUT2D eigenvalue weighted by molar-refractivity contribution is -0.139. The average Bonchev–Trinajstić information content (AvgIpc) is 2.88. The van der Waals surface area contributed by atoms with Gasteiger partial charge in [0.1, 0.15) is 11.9 Å². The summed E-state index contributed by atoms with van der Waals surface area (Å²) in [7, 11) is 0. The molecule has 0 spiro atoms. The first kappa shape index (κ1) is 24.8. The lowest BCUT2D eigenvalue weighted by Gasteiger charge is -2.29. The van der Waals surface area contributed by atoms with E-state index in [2.05, 4.69) is 5.32 Å². The van der Waals surface area contributed by atoms with Crippen LogP contribution in [-0.2, 0) is 20.9 Å². The van der Waals surface area contributed by atoms with E-state index in [1.54, 1.807) is 17.0 Å². The Kier molecular flexibility index (Phi) is 9.46. The molecule has 172 valence electrons. The molecule has 1 fully saturated rings. The number of benzene rings is 1. The Morgan fingerprint density at radius 2 is 1.87 bits per heavy atom. The number of hydrogen-bond donors (Lipinski definition) is 2. The van der Waals surface area contributed by atoms with Crippen LogP contribution in [0.25, 0.3) is 0 Å². The Morgan fingerprint density at radius 3 is 2.45 bits per heavy atom. The topological polar surface area (TPSA) is 92.5 Å². The monoisotopic (exact) mass is 433 g/mol. The van der Waals surface area contributed by atoms with Crippen LogP contribution in [0.3, 0.4) is 0 Å². The third-order valence-electron chi connectivity index (χ3n) is 5.90. The summed E-state index contributed by atoms with van der Waals surface area (Å²) in [5.74, 6) is -2.05. The van der Waals surface area contributed by atoms with E-state index in [1.165, 1.54) is 12.1 Å². The van der Waals surface area contributed by atoms with Crippen molar-refractivity contribution in [1.82, 2.24) is 10.2 Å². The fraction of sp³-hybridized carbons (Fsp3) is 0.625. The van der Waals surface area contributed by atoms with Gasteiger partial charge < -0.3 is 16.0 Å². The molecule has 31 heavy (non-hydrogen) atoms. The number of hydrogen-bond acceptors (Lipinski definition) is 3. The van der Waals surface area contributed by atoms with Gasteiger partial charge in [0, 0.05) is 24.9 Å². The third-order valence-corrected chi connectivity index (χ3v) is 5.90. The predicted molar refractivity (Wildman–Crippen MR) is 118 cm³/mol. The summed E-state index contributed by atoms with van der Waals surface area (Å²) in [6, 6.07) is 5.47. The van der Waals surface area contributed by atoms with Crippen LogP contribution in [0.4, 0.5) is 4.39 Å². The zero-order valence-electron chi connectivity index (χ0n) is 18.9. The summed E-state index contributed by atoms with van der Waals surface area (Å²) in [5, 5.41) is 2.93. The van der Waals surface area contributed by atoms with Crippen molar-refractivity contribution in [2.24, 2.45) is 23.5 Å². The van der Waals surface area contributed by atoms with E-state index in [9.17, 15) is 18.8 Å². The van der Waals surface area contributed by atoms with Gasteiger partial charge in [-0.05, 0) is 55.7 Å². The van der Waals surface area contributed by atoms with Gasteiger partial charge in [-0.1, -0.05) is 39.3 Å². The van der Waals surface area contributed by atoms with Gasteiger partial charge in [0.25, 0.3) is 0 Å². The molecule has 2 rings (SSSR count). The molecule has 0 aliphatic carbocycles. The van der Waals surface area contributed by atoms with Gasteiger partial charge in [0.2, 0.25) is 17.7 Å². The van der Waals surface area contributed by atoms with Gasteiger partial charge in [-0.2, -0.15) is 0 Å². The van der Waals surface area contributed by atoms with Gasteiger partial charge in [-0.3, -0.25) is 14.4 Å². The maximum absolute atomic E-state index is 13.2. The maximum Gasteiger partial charge on any atom is 0.245 e. The smallest absolute Gasteiger partial charge is 0.245 e. The Morgan fingerprint density at radius 1 is 1.19 bits per heavy atom. The number of carbonyl (C=O) groups is 3. The summed E-state index contributed by atoms with van der Waals surface area (Å²) < 4.78 is 13.2. The van der Waals surface area contributed by atoms with Gasteiger partial charge >= 0.3 is 0 Å². The first-order valence-electron chi connectivity index (χ1n) is 11.4. The molecule has 0 radical (unpaired) electrons. The molecule has 6 nitrogen and oxygen atoms in total. The minimum absolute atomic E-state index is 0.135.